The van der Waals surface area contributed by atoms with Crippen molar-refractivity contribution in [1.29, 1.82) is 0 Å². The number of carbonyl (C=O) groups excluding carboxylic acids is 1. The van der Waals surface area contributed by atoms with E-state index in [1.807, 2.05) is 0 Å². The van der Waals surface area contributed by atoms with E-state index in [0.717, 1.165) is 0 Å². The average molecular weight is 161 g/mol. The van der Waals surface area contributed by atoms with Crippen molar-refractivity contribution in [2.24, 2.45) is 0 Å². The summed E-state index contributed by atoms with van der Waals surface area (Å²) < 4.78 is 4.70. The Morgan fingerprint density at radius 1 is 1.64 bits per heavy atom. The summed E-state index contributed by atoms with van der Waals surface area (Å²) in [5, 5.41) is 17.1. The minimum absolute atomic E-state index is 0.0761. The highest BCUT2D eigenvalue weighted by Gasteiger charge is 2.29. The van der Waals surface area contributed by atoms with Crippen molar-refractivity contribution >= 4 is 6.09 Å². The van der Waals surface area contributed by atoms with Crippen LogP contribution in [-0.4, -0.2) is 53.6 Å². The molecule has 5 nitrogen and oxygen atoms in total. The molecule has 1 rings (SSSR count). The Bertz CT molecular complexity index is 150. The number of hydrogen-bond donors (Lipinski definition) is 2. The first-order valence-corrected chi connectivity index (χ1v) is 3.45. The van der Waals surface area contributed by atoms with Crippen LogP contribution in [0, 0.1) is 0 Å². The van der Waals surface area contributed by atoms with Crippen LogP contribution in [0.15, 0.2) is 0 Å². The predicted molar refractivity (Wildman–Crippen MR) is 36.0 cm³/mol. The summed E-state index contributed by atoms with van der Waals surface area (Å²) >= 11 is 0. The zero-order valence-electron chi connectivity index (χ0n) is 6.06. The normalized spacial score (nSPS) is 24.0. The minimum Gasteiger partial charge on any atom is -0.442 e. The Balaban J connectivity index is 2.38. The Kier molecular flexibility index (Phi) is 2.67. The number of cyclic esters (lactones) is 1. The van der Waals surface area contributed by atoms with E-state index in [1.54, 1.807) is 0 Å². The predicted octanol–water partition coefficient (Wildman–Crippen LogP) is -1.21. The van der Waals surface area contributed by atoms with Gasteiger partial charge in [0.25, 0.3) is 0 Å². The van der Waals surface area contributed by atoms with Crippen LogP contribution in [0.4, 0.5) is 4.79 Å². The number of hydrogen-bond acceptors (Lipinski definition) is 4. The lowest BCUT2D eigenvalue weighted by Gasteiger charge is -2.08. The lowest BCUT2D eigenvalue weighted by molar-refractivity contribution is 0.0944. The Morgan fingerprint density at radius 3 is 2.82 bits per heavy atom. The highest BCUT2D eigenvalue weighted by atomic mass is 16.6. The van der Waals surface area contributed by atoms with Crippen molar-refractivity contribution in [2.45, 2.75) is 6.10 Å². The van der Waals surface area contributed by atoms with Crippen LogP contribution in [0.5, 0.6) is 0 Å². The van der Waals surface area contributed by atoms with E-state index >= 15 is 0 Å². The number of rotatable bonds is 3. The van der Waals surface area contributed by atoms with Gasteiger partial charge in [-0.15, -0.1) is 0 Å². The standard InChI is InChI=1S/C6H11NO4/c8-2-1-7-3-5(4-9)11-6(7)10/h5,8-9H,1-4H2/t5-/m1/s1. The molecule has 64 valence electrons. The topological polar surface area (TPSA) is 70.0 Å². The molecular formula is C6H11NO4. The fourth-order valence-electron chi connectivity index (χ4n) is 0.973. The number of ether oxygens (including phenoxy) is 1. The van der Waals surface area contributed by atoms with E-state index < -0.39 is 12.2 Å². The summed E-state index contributed by atoms with van der Waals surface area (Å²) in [6, 6.07) is 0. The third kappa shape index (κ3) is 1.81. The fraction of sp³-hybridized carbons (Fsp3) is 0.833. The molecule has 0 aromatic carbocycles. The van der Waals surface area contributed by atoms with Crippen molar-refractivity contribution < 1.29 is 19.7 Å². The average Bonchev–Trinajstić information content (AvgIpc) is 2.33. The second-order valence-corrected chi connectivity index (χ2v) is 2.36. The SMILES string of the molecule is O=C1O[C@@H](CO)CN1CCO. The summed E-state index contributed by atoms with van der Waals surface area (Å²) in [5.74, 6) is 0. The quantitative estimate of drug-likeness (QED) is 0.545. The summed E-state index contributed by atoms with van der Waals surface area (Å²) in [7, 11) is 0. The first kappa shape index (κ1) is 8.29. The van der Waals surface area contributed by atoms with Crippen LogP contribution in [-0.2, 0) is 4.74 Å². The lowest BCUT2D eigenvalue weighted by Crippen LogP contribution is -2.28. The zero-order chi connectivity index (χ0) is 8.27. The van der Waals surface area contributed by atoms with Crippen molar-refractivity contribution in [1.82, 2.24) is 4.90 Å². The molecule has 1 atom stereocenters. The van der Waals surface area contributed by atoms with E-state index in [4.69, 9.17) is 14.9 Å². The molecule has 0 radical (unpaired) electrons. The maximum atomic E-state index is 10.8. The van der Waals surface area contributed by atoms with Gasteiger partial charge >= 0.3 is 6.09 Å². The molecular weight excluding hydrogens is 150 g/mol. The highest BCUT2D eigenvalue weighted by molar-refractivity contribution is 5.69. The largest absolute Gasteiger partial charge is 0.442 e. The van der Waals surface area contributed by atoms with Crippen LogP contribution >= 0.6 is 0 Å². The van der Waals surface area contributed by atoms with Gasteiger partial charge < -0.3 is 19.8 Å². The van der Waals surface area contributed by atoms with Gasteiger partial charge in [0.1, 0.15) is 6.10 Å². The molecule has 5 heteroatoms. The van der Waals surface area contributed by atoms with Crippen LogP contribution < -0.4 is 0 Å². The summed E-state index contributed by atoms with van der Waals surface area (Å²) in [6.07, 6.45) is -0.882. The molecule has 1 aliphatic heterocycles. The van der Waals surface area contributed by atoms with Gasteiger partial charge in [-0.25, -0.2) is 4.79 Å². The molecule has 2 N–H and O–H groups in total. The smallest absolute Gasteiger partial charge is 0.410 e. The highest BCUT2D eigenvalue weighted by Crippen LogP contribution is 2.09. The van der Waals surface area contributed by atoms with Crippen molar-refractivity contribution in [3.05, 3.63) is 0 Å². The molecule has 0 bridgehead atoms. The van der Waals surface area contributed by atoms with E-state index in [-0.39, 0.29) is 19.8 Å². The summed E-state index contributed by atoms with van der Waals surface area (Å²) in [4.78, 5) is 12.2. The third-order valence-corrected chi connectivity index (χ3v) is 1.52. The Labute approximate surface area is 64.2 Å². The second kappa shape index (κ2) is 3.54. The van der Waals surface area contributed by atoms with Gasteiger partial charge in [-0.05, 0) is 0 Å². The van der Waals surface area contributed by atoms with Crippen LogP contribution in [0.3, 0.4) is 0 Å². The molecule has 0 aromatic rings. The molecule has 0 aromatic heterocycles. The third-order valence-electron chi connectivity index (χ3n) is 1.52. The first-order chi connectivity index (χ1) is 5.27. The maximum Gasteiger partial charge on any atom is 0.410 e. The van der Waals surface area contributed by atoms with Crippen LogP contribution in [0.2, 0.25) is 0 Å². The first-order valence-electron chi connectivity index (χ1n) is 3.45. The Morgan fingerprint density at radius 2 is 2.36 bits per heavy atom. The number of β-amino-alcohol motifs (C(OH)–C–C–N with tert-alkyl or cyclic N) is 1. The van der Waals surface area contributed by atoms with E-state index in [1.165, 1.54) is 4.90 Å². The van der Waals surface area contributed by atoms with Gasteiger partial charge in [-0.3, -0.25) is 0 Å². The van der Waals surface area contributed by atoms with Gasteiger partial charge in [0.05, 0.1) is 19.8 Å². The summed E-state index contributed by atoms with van der Waals surface area (Å²) in [5.41, 5.74) is 0. The second-order valence-electron chi connectivity index (χ2n) is 2.36. The fourth-order valence-corrected chi connectivity index (χ4v) is 0.973. The molecule has 1 fully saturated rings. The lowest BCUT2D eigenvalue weighted by atomic mass is 10.4. The van der Waals surface area contributed by atoms with Gasteiger partial charge in [0.2, 0.25) is 0 Å². The van der Waals surface area contributed by atoms with Crippen molar-refractivity contribution in [2.75, 3.05) is 26.3 Å². The van der Waals surface area contributed by atoms with Gasteiger partial charge in [-0.2, -0.15) is 0 Å². The molecule has 1 amide bonds. The van der Waals surface area contributed by atoms with E-state index in [9.17, 15) is 4.79 Å². The van der Waals surface area contributed by atoms with Crippen molar-refractivity contribution in [3.63, 3.8) is 0 Å². The number of amides is 1. The summed E-state index contributed by atoms with van der Waals surface area (Å²) in [6.45, 7) is 0.409. The molecule has 1 saturated heterocycles. The molecule has 0 saturated carbocycles. The zero-order valence-corrected chi connectivity index (χ0v) is 6.06. The molecule has 1 heterocycles. The van der Waals surface area contributed by atoms with E-state index in [2.05, 4.69) is 0 Å². The van der Waals surface area contributed by atoms with E-state index in [0.29, 0.717) is 6.54 Å². The van der Waals surface area contributed by atoms with Crippen LogP contribution in [0.1, 0.15) is 0 Å². The number of aliphatic hydroxyl groups is 2. The molecule has 0 unspecified atom stereocenters. The number of carbonyl (C=O) groups is 1. The maximum absolute atomic E-state index is 10.8. The van der Waals surface area contributed by atoms with Gasteiger partial charge in [-0.1, -0.05) is 0 Å². The molecule has 11 heavy (non-hydrogen) atoms. The number of aliphatic hydroxyl groups excluding tert-OH is 2. The van der Waals surface area contributed by atoms with Gasteiger partial charge in [0, 0.05) is 6.54 Å². The van der Waals surface area contributed by atoms with Crippen LogP contribution in [0.25, 0.3) is 0 Å². The Hall–Kier alpha value is -0.810. The monoisotopic (exact) mass is 161 g/mol. The number of nitrogens with zero attached hydrogens (tertiary/aromatic N) is 1. The molecule has 0 spiro atoms. The van der Waals surface area contributed by atoms with Gasteiger partial charge in [0.15, 0.2) is 0 Å². The van der Waals surface area contributed by atoms with Crippen molar-refractivity contribution in [3.8, 4) is 0 Å². The molecule has 1 aliphatic rings. The molecule has 0 aliphatic carbocycles. The minimum atomic E-state index is -0.460.